The lowest BCUT2D eigenvalue weighted by atomic mass is 9.98. The number of ether oxygens (including phenoxy) is 3. The molecule has 1 aromatic carbocycles. The average Bonchev–Trinajstić information content (AvgIpc) is 2.29. The molecule has 17 heavy (non-hydrogen) atoms. The summed E-state index contributed by atoms with van der Waals surface area (Å²) in [5.41, 5.74) is 1.24. The highest BCUT2D eigenvalue weighted by Crippen LogP contribution is 2.41. The first-order chi connectivity index (χ1) is 8.08. The van der Waals surface area contributed by atoms with Crippen molar-refractivity contribution in [2.75, 3.05) is 14.2 Å². The van der Waals surface area contributed by atoms with Crippen LogP contribution >= 0.6 is 11.6 Å². The lowest BCUT2D eigenvalue weighted by molar-refractivity contribution is 0.0296. The average molecular weight is 257 g/mol. The monoisotopic (exact) mass is 256 g/mol. The lowest BCUT2D eigenvalue weighted by Gasteiger charge is -2.24. The molecule has 1 heterocycles. The van der Waals surface area contributed by atoms with Crippen molar-refractivity contribution in [1.29, 1.82) is 0 Å². The van der Waals surface area contributed by atoms with Gasteiger partial charge in [0.1, 0.15) is 22.4 Å². The molecule has 0 saturated carbocycles. The molecule has 5 heteroatoms. The van der Waals surface area contributed by atoms with E-state index in [1.807, 2.05) is 6.92 Å². The van der Waals surface area contributed by atoms with Gasteiger partial charge in [-0.2, -0.15) is 0 Å². The number of methoxy groups -OCH3 is 2. The number of halogens is 1. The van der Waals surface area contributed by atoms with Gasteiger partial charge in [0.15, 0.2) is 5.75 Å². The van der Waals surface area contributed by atoms with Crippen LogP contribution in [0.15, 0.2) is 6.07 Å². The van der Waals surface area contributed by atoms with Gasteiger partial charge in [-0.3, -0.25) is 0 Å². The topological polar surface area (TPSA) is 44.8 Å². The molecule has 1 aliphatic rings. The number of esters is 1. The maximum atomic E-state index is 11.8. The van der Waals surface area contributed by atoms with Crippen molar-refractivity contribution in [2.24, 2.45) is 0 Å². The van der Waals surface area contributed by atoms with Crippen LogP contribution in [0.2, 0.25) is 5.02 Å². The third kappa shape index (κ3) is 1.93. The lowest BCUT2D eigenvalue weighted by Crippen LogP contribution is -2.25. The zero-order valence-electron chi connectivity index (χ0n) is 9.87. The van der Waals surface area contributed by atoms with E-state index >= 15 is 0 Å². The molecule has 0 aliphatic carbocycles. The van der Waals surface area contributed by atoms with Crippen molar-refractivity contribution in [3.8, 4) is 11.5 Å². The van der Waals surface area contributed by atoms with Gasteiger partial charge in [-0.15, -0.1) is 0 Å². The van der Waals surface area contributed by atoms with Gasteiger partial charge in [-0.1, -0.05) is 11.6 Å². The van der Waals surface area contributed by atoms with Crippen LogP contribution in [0.4, 0.5) is 0 Å². The molecule has 0 bridgehead atoms. The Kier molecular flexibility index (Phi) is 3.15. The molecule has 0 N–H and O–H groups in total. The zero-order valence-corrected chi connectivity index (χ0v) is 10.6. The minimum Gasteiger partial charge on any atom is -0.495 e. The Bertz CT molecular complexity index is 470. The Morgan fingerprint density at radius 1 is 1.41 bits per heavy atom. The fraction of sp³-hybridized carbons (Fsp3) is 0.417. The molecule has 0 amide bonds. The summed E-state index contributed by atoms with van der Waals surface area (Å²) in [5, 5.41) is 0.292. The third-order valence-electron chi connectivity index (χ3n) is 2.71. The van der Waals surface area contributed by atoms with E-state index in [2.05, 4.69) is 0 Å². The number of benzene rings is 1. The second kappa shape index (κ2) is 4.45. The summed E-state index contributed by atoms with van der Waals surface area (Å²) in [6.45, 7) is 1.84. The number of hydrogen-bond acceptors (Lipinski definition) is 4. The second-order valence-electron chi connectivity index (χ2n) is 3.88. The quantitative estimate of drug-likeness (QED) is 0.763. The molecule has 1 aliphatic heterocycles. The van der Waals surface area contributed by atoms with Crippen LogP contribution in [-0.2, 0) is 11.2 Å². The highest BCUT2D eigenvalue weighted by Gasteiger charge is 2.30. The largest absolute Gasteiger partial charge is 0.495 e. The third-order valence-corrected chi connectivity index (χ3v) is 3.07. The second-order valence-corrected chi connectivity index (χ2v) is 4.26. The van der Waals surface area contributed by atoms with Crippen LogP contribution in [0.25, 0.3) is 0 Å². The van der Waals surface area contributed by atoms with E-state index in [0.717, 1.165) is 5.56 Å². The molecule has 2 rings (SSSR count). The van der Waals surface area contributed by atoms with Crippen LogP contribution in [0.1, 0.15) is 22.8 Å². The van der Waals surface area contributed by atoms with Crippen LogP contribution in [0, 0.1) is 0 Å². The predicted molar refractivity (Wildman–Crippen MR) is 63.1 cm³/mol. The molecule has 92 valence electrons. The Labute approximate surface area is 104 Å². The van der Waals surface area contributed by atoms with Gasteiger partial charge in [0.05, 0.1) is 14.2 Å². The van der Waals surface area contributed by atoms with Gasteiger partial charge in [-0.05, 0) is 18.6 Å². The molecule has 0 fully saturated rings. The SMILES string of the molecule is COc1cc2c(c(OC)c1Cl)C(=O)O[C@H](C)C2. The highest BCUT2D eigenvalue weighted by atomic mass is 35.5. The predicted octanol–water partition coefficient (Wildman–Crippen LogP) is 2.46. The van der Waals surface area contributed by atoms with E-state index in [-0.39, 0.29) is 6.10 Å². The number of cyclic esters (lactones) is 1. The normalized spacial score (nSPS) is 18.4. The summed E-state index contributed by atoms with van der Waals surface area (Å²) < 4.78 is 15.5. The molecule has 1 aromatic rings. The summed E-state index contributed by atoms with van der Waals surface area (Å²) in [7, 11) is 2.99. The number of carbonyl (C=O) groups is 1. The van der Waals surface area contributed by atoms with Crippen molar-refractivity contribution in [2.45, 2.75) is 19.4 Å². The molecule has 0 saturated heterocycles. The molecule has 0 aromatic heterocycles. The van der Waals surface area contributed by atoms with Gasteiger partial charge >= 0.3 is 5.97 Å². The van der Waals surface area contributed by atoms with Gasteiger partial charge in [-0.25, -0.2) is 4.79 Å². The fourth-order valence-corrected chi connectivity index (χ4v) is 2.28. The molecule has 0 unspecified atom stereocenters. The molecule has 0 radical (unpaired) electrons. The summed E-state index contributed by atoms with van der Waals surface area (Å²) >= 11 is 6.09. The minimum atomic E-state index is -0.403. The van der Waals surface area contributed by atoms with Crippen molar-refractivity contribution in [1.82, 2.24) is 0 Å². The first-order valence-corrected chi connectivity index (χ1v) is 5.60. The zero-order chi connectivity index (χ0) is 12.6. The van der Waals surface area contributed by atoms with E-state index in [1.165, 1.54) is 14.2 Å². The number of rotatable bonds is 2. The minimum absolute atomic E-state index is 0.148. The van der Waals surface area contributed by atoms with Crippen molar-refractivity contribution >= 4 is 17.6 Å². The van der Waals surface area contributed by atoms with E-state index < -0.39 is 5.97 Å². The Hall–Kier alpha value is -1.42. The van der Waals surface area contributed by atoms with Gasteiger partial charge in [0.25, 0.3) is 0 Å². The molecular weight excluding hydrogens is 244 g/mol. The van der Waals surface area contributed by atoms with E-state index in [4.69, 9.17) is 25.8 Å². The van der Waals surface area contributed by atoms with Crippen molar-refractivity contribution < 1.29 is 19.0 Å². The van der Waals surface area contributed by atoms with E-state index in [0.29, 0.717) is 28.5 Å². The highest BCUT2D eigenvalue weighted by molar-refractivity contribution is 6.34. The molecule has 1 atom stereocenters. The van der Waals surface area contributed by atoms with Crippen molar-refractivity contribution in [3.05, 3.63) is 22.2 Å². The smallest absolute Gasteiger partial charge is 0.342 e. The Balaban J connectivity index is 2.66. The van der Waals surface area contributed by atoms with Gasteiger partial charge in [0.2, 0.25) is 0 Å². The molecule has 4 nitrogen and oxygen atoms in total. The fourth-order valence-electron chi connectivity index (χ4n) is 1.98. The first kappa shape index (κ1) is 12.0. The van der Waals surface area contributed by atoms with Crippen LogP contribution in [0.5, 0.6) is 11.5 Å². The Morgan fingerprint density at radius 3 is 2.71 bits per heavy atom. The van der Waals surface area contributed by atoms with E-state index in [1.54, 1.807) is 6.07 Å². The Morgan fingerprint density at radius 2 is 2.12 bits per heavy atom. The number of fused-ring (bicyclic) bond motifs is 1. The maximum absolute atomic E-state index is 11.8. The first-order valence-electron chi connectivity index (χ1n) is 5.22. The van der Waals surface area contributed by atoms with Crippen LogP contribution in [0.3, 0.4) is 0 Å². The number of hydrogen-bond donors (Lipinski definition) is 0. The number of carbonyl (C=O) groups excluding carboxylic acids is 1. The summed E-state index contributed by atoms with van der Waals surface area (Å²) in [6.07, 6.45) is 0.482. The molecule has 0 spiro atoms. The van der Waals surface area contributed by atoms with Gasteiger partial charge < -0.3 is 14.2 Å². The summed E-state index contributed by atoms with van der Waals surface area (Å²) in [5.74, 6) is 0.419. The summed E-state index contributed by atoms with van der Waals surface area (Å²) in [4.78, 5) is 11.8. The molecular formula is C12H13ClO4. The summed E-state index contributed by atoms with van der Waals surface area (Å²) in [6, 6.07) is 1.76. The van der Waals surface area contributed by atoms with Crippen LogP contribution < -0.4 is 9.47 Å². The standard InChI is InChI=1S/C12H13ClO4/c1-6-4-7-5-8(15-2)10(13)11(16-3)9(7)12(14)17-6/h5-6H,4H2,1-3H3/t6-/m1/s1. The van der Waals surface area contributed by atoms with Gasteiger partial charge in [0, 0.05) is 6.42 Å². The van der Waals surface area contributed by atoms with Crippen molar-refractivity contribution in [3.63, 3.8) is 0 Å². The van der Waals surface area contributed by atoms with E-state index in [9.17, 15) is 4.79 Å². The maximum Gasteiger partial charge on any atom is 0.342 e. The van der Waals surface area contributed by atoms with Crippen LogP contribution in [-0.4, -0.2) is 26.3 Å².